The fourth-order valence-electron chi connectivity index (χ4n) is 3.39. The van der Waals surface area contributed by atoms with Crippen LogP contribution in [0.25, 0.3) is 5.82 Å². The van der Waals surface area contributed by atoms with Crippen LogP contribution in [0.4, 0.5) is 5.69 Å². The van der Waals surface area contributed by atoms with Crippen LogP contribution in [-0.2, 0) is 15.8 Å². The van der Waals surface area contributed by atoms with Gasteiger partial charge in [0.1, 0.15) is 12.1 Å². The Labute approximate surface area is 193 Å². The molecule has 4 rings (SSSR count). The summed E-state index contributed by atoms with van der Waals surface area (Å²) >= 11 is 0. The molecule has 0 aliphatic rings. The first-order valence-electron chi connectivity index (χ1n) is 10.4. The molecule has 8 nitrogen and oxygen atoms in total. The van der Waals surface area contributed by atoms with Gasteiger partial charge in [-0.25, -0.2) is 23.1 Å². The summed E-state index contributed by atoms with van der Waals surface area (Å²) in [6.45, 7) is 7.88. The molecule has 0 fully saturated rings. The van der Waals surface area contributed by atoms with Crippen LogP contribution in [0.15, 0.2) is 60.9 Å². The van der Waals surface area contributed by atoms with Crippen LogP contribution >= 0.6 is 0 Å². The first kappa shape index (κ1) is 22.5. The lowest BCUT2D eigenvalue weighted by Gasteiger charge is -2.10. The number of rotatable bonds is 7. The van der Waals surface area contributed by atoms with Gasteiger partial charge in [0.25, 0.3) is 0 Å². The van der Waals surface area contributed by atoms with Gasteiger partial charge < -0.3 is 4.74 Å². The fraction of sp³-hybridized carbons (Fsp3) is 0.208. The molecule has 0 aliphatic heterocycles. The number of hydrogen-bond donors (Lipinski definition) is 1. The highest BCUT2D eigenvalue weighted by Crippen LogP contribution is 2.24. The summed E-state index contributed by atoms with van der Waals surface area (Å²) in [5.41, 5.74) is 5.26. The Morgan fingerprint density at radius 1 is 0.970 bits per heavy atom. The van der Waals surface area contributed by atoms with Gasteiger partial charge in [-0.2, -0.15) is 5.10 Å². The Balaban J connectivity index is 1.45. The first-order chi connectivity index (χ1) is 15.7. The van der Waals surface area contributed by atoms with Gasteiger partial charge in [-0.15, -0.1) is 0 Å². The number of benzene rings is 2. The lowest BCUT2D eigenvalue weighted by Crippen LogP contribution is -2.15. The van der Waals surface area contributed by atoms with E-state index in [9.17, 15) is 8.42 Å². The van der Waals surface area contributed by atoms with Gasteiger partial charge in [-0.3, -0.25) is 4.72 Å². The average Bonchev–Trinajstić information content (AvgIpc) is 3.02. The second kappa shape index (κ2) is 9.03. The van der Waals surface area contributed by atoms with E-state index in [-0.39, 0.29) is 5.75 Å². The molecule has 0 saturated carbocycles. The third-order valence-electron chi connectivity index (χ3n) is 5.29. The summed E-state index contributed by atoms with van der Waals surface area (Å²) in [5.74, 6) is 1.39. The lowest BCUT2D eigenvalue weighted by molar-refractivity contribution is 0.460. The Kier molecular flexibility index (Phi) is 6.15. The van der Waals surface area contributed by atoms with Crippen molar-refractivity contribution in [2.24, 2.45) is 0 Å². The average molecular weight is 464 g/mol. The zero-order chi connectivity index (χ0) is 23.6. The molecule has 4 aromatic rings. The van der Waals surface area contributed by atoms with E-state index >= 15 is 0 Å². The van der Waals surface area contributed by atoms with Crippen molar-refractivity contribution in [1.82, 2.24) is 19.7 Å². The molecule has 0 radical (unpaired) electrons. The number of nitrogens with one attached hydrogen (secondary N) is 1. The van der Waals surface area contributed by atoms with Crippen molar-refractivity contribution >= 4 is 15.7 Å². The zero-order valence-corrected chi connectivity index (χ0v) is 19.7. The monoisotopic (exact) mass is 463 g/mol. The lowest BCUT2D eigenvalue weighted by atomic mass is 10.2. The van der Waals surface area contributed by atoms with Crippen LogP contribution < -0.4 is 9.46 Å². The number of anilines is 1. The van der Waals surface area contributed by atoms with E-state index in [2.05, 4.69) is 19.8 Å². The molecule has 0 saturated heterocycles. The van der Waals surface area contributed by atoms with Crippen molar-refractivity contribution in [2.75, 3.05) is 4.72 Å². The SMILES string of the molecule is Cc1cccc(CS(=O)(=O)Nc2ccc(Oc3cc(-n4nc(C)c(C)c4C)ncn3)cc2)c1. The minimum absolute atomic E-state index is 0.0948. The zero-order valence-electron chi connectivity index (χ0n) is 18.9. The van der Waals surface area contributed by atoms with Gasteiger partial charge in [0.2, 0.25) is 15.9 Å². The number of aryl methyl sites for hydroxylation is 2. The molecule has 0 aliphatic carbocycles. The van der Waals surface area contributed by atoms with E-state index in [4.69, 9.17) is 4.74 Å². The van der Waals surface area contributed by atoms with E-state index in [0.29, 0.717) is 23.1 Å². The summed E-state index contributed by atoms with van der Waals surface area (Å²) in [6.07, 6.45) is 1.42. The van der Waals surface area contributed by atoms with Crippen LogP contribution in [0.2, 0.25) is 0 Å². The third kappa shape index (κ3) is 5.38. The predicted octanol–water partition coefficient (Wildman–Crippen LogP) is 4.63. The fourth-order valence-corrected chi connectivity index (χ4v) is 4.58. The van der Waals surface area contributed by atoms with E-state index in [0.717, 1.165) is 28.1 Å². The maximum atomic E-state index is 12.5. The molecule has 0 unspecified atom stereocenters. The van der Waals surface area contributed by atoms with Crippen molar-refractivity contribution in [3.05, 3.63) is 89.0 Å². The highest BCUT2D eigenvalue weighted by atomic mass is 32.2. The van der Waals surface area contributed by atoms with Crippen LogP contribution in [0.5, 0.6) is 11.6 Å². The highest BCUT2D eigenvalue weighted by molar-refractivity contribution is 7.91. The normalized spacial score (nSPS) is 11.4. The molecule has 2 heterocycles. The van der Waals surface area contributed by atoms with E-state index < -0.39 is 10.0 Å². The highest BCUT2D eigenvalue weighted by Gasteiger charge is 2.13. The summed E-state index contributed by atoms with van der Waals surface area (Å²) in [5, 5.41) is 4.51. The summed E-state index contributed by atoms with van der Waals surface area (Å²) in [4.78, 5) is 8.46. The van der Waals surface area contributed by atoms with E-state index in [1.54, 1.807) is 41.1 Å². The molecule has 1 N–H and O–H groups in total. The number of hydrogen-bond acceptors (Lipinski definition) is 6. The predicted molar refractivity (Wildman–Crippen MR) is 127 cm³/mol. The van der Waals surface area contributed by atoms with E-state index in [1.165, 1.54) is 6.33 Å². The standard InChI is InChI=1S/C24H25N5O3S/c1-16-6-5-7-20(12-16)14-33(30,31)28-21-8-10-22(11-9-21)32-24-13-23(25-15-26-24)29-19(4)17(2)18(3)27-29/h5-13,15,28H,14H2,1-4H3. The minimum Gasteiger partial charge on any atom is -0.439 e. The molecule has 0 bridgehead atoms. The topological polar surface area (TPSA) is 99.0 Å². The first-order valence-corrected chi connectivity index (χ1v) is 12.0. The van der Waals surface area contributed by atoms with Gasteiger partial charge in [0.05, 0.1) is 11.4 Å². The largest absolute Gasteiger partial charge is 0.439 e. The van der Waals surface area contributed by atoms with Gasteiger partial charge >= 0.3 is 0 Å². The van der Waals surface area contributed by atoms with Crippen LogP contribution in [0, 0.1) is 27.7 Å². The smallest absolute Gasteiger partial charge is 0.236 e. The maximum Gasteiger partial charge on any atom is 0.236 e. The Morgan fingerprint density at radius 3 is 2.39 bits per heavy atom. The Morgan fingerprint density at radius 2 is 1.73 bits per heavy atom. The molecule has 2 aromatic carbocycles. The molecule has 0 spiro atoms. The van der Waals surface area contributed by atoms with Crippen LogP contribution in [0.3, 0.4) is 0 Å². The second-order valence-electron chi connectivity index (χ2n) is 7.90. The maximum absolute atomic E-state index is 12.5. The molecule has 2 aromatic heterocycles. The minimum atomic E-state index is -3.54. The van der Waals surface area contributed by atoms with E-state index in [1.807, 2.05) is 45.9 Å². The molecule has 170 valence electrons. The van der Waals surface area contributed by atoms with Crippen molar-refractivity contribution in [2.45, 2.75) is 33.4 Å². The van der Waals surface area contributed by atoms with Gasteiger partial charge in [-0.1, -0.05) is 29.8 Å². The molecular formula is C24H25N5O3S. The van der Waals surface area contributed by atoms with Crippen molar-refractivity contribution < 1.29 is 13.2 Å². The number of sulfonamides is 1. The molecule has 0 amide bonds. The number of nitrogens with zero attached hydrogens (tertiary/aromatic N) is 4. The van der Waals surface area contributed by atoms with Gasteiger partial charge in [0, 0.05) is 17.4 Å². The molecule has 9 heteroatoms. The molecular weight excluding hydrogens is 438 g/mol. The van der Waals surface area contributed by atoms with Crippen LogP contribution in [-0.4, -0.2) is 28.2 Å². The van der Waals surface area contributed by atoms with Gasteiger partial charge in [0.15, 0.2) is 5.82 Å². The summed E-state index contributed by atoms with van der Waals surface area (Å²) in [6, 6.07) is 15.8. The quantitative estimate of drug-likeness (QED) is 0.429. The van der Waals surface area contributed by atoms with Crippen molar-refractivity contribution in [3.63, 3.8) is 0 Å². The van der Waals surface area contributed by atoms with Crippen LogP contribution in [0.1, 0.15) is 28.1 Å². The van der Waals surface area contributed by atoms with Crippen molar-refractivity contribution in [1.29, 1.82) is 0 Å². The third-order valence-corrected chi connectivity index (χ3v) is 6.55. The number of aromatic nitrogens is 4. The number of ether oxygens (including phenoxy) is 1. The van der Waals surface area contributed by atoms with Crippen molar-refractivity contribution in [3.8, 4) is 17.4 Å². The second-order valence-corrected chi connectivity index (χ2v) is 9.62. The Hall–Kier alpha value is -3.72. The summed E-state index contributed by atoms with van der Waals surface area (Å²) < 4.78 is 35.2. The molecule has 33 heavy (non-hydrogen) atoms. The van der Waals surface area contributed by atoms with Gasteiger partial charge in [-0.05, 0) is 63.1 Å². The molecule has 0 atom stereocenters. The summed E-state index contributed by atoms with van der Waals surface area (Å²) in [7, 11) is -3.54. The Bertz CT molecular complexity index is 1400.